The number of benzene rings is 1. The van der Waals surface area contributed by atoms with Gasteiger partial charge in [-0.15, -0.1) is 0 Å². The molecule has 3 amide bonds. The van der Waals surface area contributed by atoms with Crippen LogP contribution in [0.2, 0.25) is 0 Å². The molecule has 2 atom stereocenters. The Morgan fingerprint density at radius 3 is 2.13 bits per heavy atom. The summed E-state index contributed by atoms with van der Waals surface area (Å²) in [6.45, 7) is 5.92. The van der Waals surface area contributed by atoms with Crippen molar-refractivity contribution >= 4 is 17.9 Å². The summed E-state index contributed by atoms with van der Waals surface area (Å²) in [4.78, 5) is 37.5. The average Bonchev–Trinajstić information content (AvgIpc) is 2.76. The SMILES string of the molecule is CC[C@H](NC(=O)[C@H](CC(C)C)NC(=O)OCc1ccccc1)C(=O)NCC(OC)OC. The van der Waals surface area contributed by atoms with Crippen LogP contribution in [-0.2, 0) is 30.4 Å². The Labute approximate surface area is 184 Å². The number of carbonyl (C=O) groups excluding carboxylic acids is 3. The van der Waals surface area contributed by atoms with Gasteiger partial charge in [-0.3, -0.25) is 9.59 Å². The zero-order chi connectivity index (χ0) is 23.2. The average molecular weight is 438 g/mol. The molecule has 3 N–H and O–H groups in total. The molecular weight excluding hydrogens is 402 g/mol. The Kier molecular flexibility index (Phi) is 12.2. The summed E-state index contributed by atoms with van der Waals surface area (Å²) in [6.07, 6.45) is -0.480. The van der Waals surface area contributed by atoms with Crippen molar-refractivity contribution in [1.29, 1.82) is 0 Å². The smallest absolute Gasteiger partial charge is 0.408 e. The predicted molar refractivity (Wildman–Crippen MR) is 116 cm³/mol. The monoisotopic (exact) mass is 437 g/mol. The molecular formula is C22H35N3O6. The number of amides is 3. The van der Waals surface area contributed by atoms with Gasteiger partial charge in [0.25, 0.3) is 0 Å². The highest BCUT2D eigenvalue weighted by Gasteiger charge is 2.27. The zero-order valence-electron chi connectivity index (χ0n) is 19.0. The molecule has 174 valence electrons. The van der Waals surface area contributed by atoms with Crippen LogP contribution in [0, 0.1) is 5.92 Å². The molecule has 0 aliphatic carbocycles. The normalized spacial score (nSPS) is 12.9. The van der Waals surface area contributed by atoms with Crippen molar-refractivity contribution in [3.05, 3.63) is 35.9 Å². The van der Waals surface area contributed by atoms with E-state index in [1.165, 1.54) is 14.2 Å². The van der Waals surface area contributed by atoms with E-state index in [1.54, 1.807) is 6.92 Å². The fraction of sp³-hybridized carbons (Fsp3) is 0.591. The van der Waals surface area contributed by atoms with E-state index in [4.69, 9.17) is 14.2 Å². The lowest BCUT2D eigenvalue weighted by Crippen LogP contribution is -2.54. The van der Waals surface area contributed by atoms with E-state index >= 15 is 0 Å². The second-order valence-corrected chi connectivity index (χ2v) is 7.50. The van der Waals surface area contributed by atoms with Crippen LogP contribution in [-0.4, -0.2) is 57.0 Å². The van der Waals surface area contributed by atoms with Crippen molar-refractivity contribution in [2.75, 3.05) is 20.8 Å². The van der Waals surface area contributed by atoms with Crippen molar-refractivity contribution < 1.29 is 28.6 Å². The third-order valence-corrected chi connectivity index (χ3v) is 4.54. The van der Waals surface area contributed by atoms with E-state index in [0.29, 0.717) is 12.8 Å². The fourth-order valence-corrected chi connectivity index (χ4v) is 2.81. The molecule has 1 aromatic rings. The van der Waals surface area contributed by atoms with E-state index in [0.717, 1.165) is 5.56 Å². The third kappa shape index (κ3) is 10.3. The summed E-state index contributed by atoms with van der Waals surface area (Å²) < 4.78 is 15.3. The summed E-state index contributed by atoms with van der Waals surface area (Å²) >= 11 is 0. The lowest BCUT2D eigenvalue weighted by molar-refractivity contribution is -0.133. The molecule has 9 heteroatoms. The zero-order valence-corrected chi connectivity index (χ0v) is 19.0. The number of hydrogen-bond donors (Lipinski definition) is 3. The van der Waals surface area contributed by atoms with Gasteiger partial charge in [-0.25, -0.2) is 4.79 Å². The van der Waals surface area contributed by atoms with Crippen molar-refractivity contribution in [3.63, 3.8) is 0 Å². The van der Waals surface area contributed by atoms with Crippen LogP contribution in [0.1, 0.15) is 39.2 Å². The van der Waals surface area contributed by atoms with Gasteiger partial charge in [0, 0.05) is 14.2 Å². The molecule has 0 unspecified atom stereocenters. The third-order valence-electron chi connectivity index (χ3n) is 4.54. The van der Waals surface area contributed by atoms with E-state index in [-0.39, 0.29) is 25.0 Å². The van der Waals surface area contributed by atoms with E-state index < -0.39 is 30.4 Å². The molecule has 0 bridgehead atoms. The van der Waals surface area contributed by atoms with E-state index in [2.05, 4.69) is 16.0 Å². The summed E-state index contributed by atoms with van der Waals surface area (Å²) in [6, 6.07) is 7.68. The number of hydrogen-bond acceptors (Lipinski definition) is 6. The number of alkyl carbamates (subject to hydrolysis) is 1. The lowest BCUT2D eigenvalue weighted by Gasteiger charge is -2.24. The Balaban J connectivity index is 2.65. The summed E-state index contributed by atoms with van der Waals surface area (Å²) in [5.41, 5.74) is 0.843. The van der Waals surface area contributed by atoms with Crippen LogP contribution in [0.25, 0.3) is 0 Å². The van der Waals surface area contributed by atoms with Crippen LogP contribution in [0.4, 0.5) is 4.79 Å². The van der Waals surface area contributed by atoms with Gasteiger partial charge in [-0.1, -0.05) is 51.1 Å². The highest BCUT2D eigenvalue weighted by molar-refractivity contribution is 5.91. The Morgan fingerprint density at radius 1 is 0.935 bits per heavy atom. The molecule has 0 aromatic heterocycles. The summed E-state index contributed by atoms with van der Waals surface area (Å²) in [5, 5.41) is 8.00. The molecule has 0 fully saturated rings. The molecule has 0 radical (unpaired) electrons. The van der Waals surface area contributed by atoms with Crippen LogP contribution in [0.15, 0.2) is 30.3 Å². The number of carbonyl (C=O) groups is 3. The molecule has 0 heterocycles. The number of nitrogens with one attached hydrogen (secondary N) is 3. The lowest BCUT2D eigenvalue weighted by atomic mass is 10.0. The second-order valence-electron chi connectivity index (χ2n) is 7.50. The highest BCUT2D eigenvalue weighted by Crippen LogP contribution is 2.07. The van der Waals surface area contributed by atoms with Crippen molar-refractivity contribution in [3.8, 4) is 0 Å². The summed E-state index contributed by atoms with van der Waals surface area (Å²) in [5.74, 6) is -0.657. The minimum absolute atomic E-state index is 0.100. The van der Waals surface area contributed by atoms with Gasteiger partial charge >= 0.3 is 6.09 Å². The van der Waals surface area contributed by atoms with Gasteiger partial charge < -0.3 is 30.2 Å². The first-order valence-corrected chi connectivity index (χ1v) is 10.4. The van der Waals surface area contributed by atoms with Gasteiger partial charge in [-0.2, -0.15) is 0 Å². The van der Waals surface area contributed by atoms with Gasteiger partial charge in [-0.05, 0) is 24.3 Å². The number of rotatable bonds is 13. The minimum Gasteiger partial charge on any atom is -0.445 e. The fourth-order valence-electron chi connectivity index (χ4n) is 2.81. The molecule has 9 nitrogen and oxygen atoms in total. The molecule has 1 aromatic carbocycles. The maximum atomic E-state index is 12.8. The van der Waals surface area contributed by atoms with Crippen LogP contribution in [0.5, 0.6) is 0 Å². The predicted octanol–water partition coefficient (Wildman–Crippen LogP) is 1.96. The number of ether oxygens (including phenoxy) is 3. The molecule has 0 spiro atoms. The minimum atomic E-state index is -0.823. The van der Waals surface area contributed by atoms with E-state index in [9.17, 15) is 14.4 Å². The molecule has 0 aliphatic rings. The first-order chi connectivity index (χ1) is 14.8. The Bertz CT molecular complexity index is 679. The molecule has 0 aliphatic heterocycles. The van der Waals surface area contributed by atoms with Gasteiger partial charge in [0.2, 0.25) is 11.8 Å². The highest BCUT2D eigenvalue weighted by atomic mass is 16.7. The van der Waals surface area contributed by atoms with Crippen molar-refractivity contribution in [2.45, 2.75) is 58.6 Å². The van der Waals surface area contributed by atoms with Crippen LogP contribution in [0.3, 0.4) is 0 Å². The standard InChI is InChI=1S/C22H35N3O6/c1-6-17(20(26)23-13-19(29-4)30-5)24-21(27)18(12-15(2)3)25-22(28)31-14-16-10-8-7-9-11-16/h7-11,15,17-19H,6,12-14H2,1-5H3,(H,23,26)(H,24,27)(H,25,28)/t17-,18-/m0/s1. The van der Waals surface area contributed by atoms with Crippen molar-refractivity contribution in [2.24, 2.45) is 5.92 Å². The van der Waals surface area contributed by atoms with Crippen LogP contribution >= 0.6 is 0 Å². The van der Waals surface area contributed by atoms with Gasteiger partial charge in [0.15, 0.2) is 6.29 Å². The Hall–Kier alpha value is -2.65. The Morgan fingerprint density at radius 2 is 1.58 bits per heavy atom. The quantitative estimate of drug-likeness (QED) is 0.407. The van der Waals surface area contributed by atoms with E-state index in [1.807, 2.05) is 44.2 Å². The molecule has 31 heavy (non-hydrogen) atoms. The second kappa shape index (κ2) is 14.4. The maximum absolute atomic E-state index is 12.8. The molecule has 1 rings (SSSR count). The molecule has 0 saturated carbocycles. The first-order valence-electron chi connectivity index (χ1n) is 10.4. The van der Waals surface area contributed by atoms with Gasteiger partial charge in [0.1, 0.15) is 18.7 Å². The van der Waals surface area contributed by atoms with Crippen LogP contribution < -0.4 is 16.0 Å². The topological polar surface area (TPSA) is 115 Å². The molecule has 0 saturated heterocycles. The first kappa shape index (κ1) is 26.4. The van der Waals surface area contributed by atoms with Gasteiger partial charge in [0.05, 0.1) is 6.54 Å². The van der Waals surface area contributed by atoms with Crippen molar-refractivity contribution in [1.82, 2.24) is 16.0 Å². The maximum Gasteiger partial charge on any atom is 0.408 e. The summed E-state index contributed by atoms with van der Waals surface area (Å²) in [7, 11) is 2.94. The number of methoxy groups -OCH3 is 2. The largest absolute Gasteiger partial charge is 0.445 e.